The van der Waals surface area contributed by atoms with Crippen LogP contribution in [0.25, 0.3) is 0 Å². The summed E-state index contributed by atoms with van der Waals surface area (Å²) < 4.78 is 0. The van der Waals surface area contributed by atoms with Gasteiger partial charge in [-0.25, -0.2) is 0 Å². The van der Waals surface area contributed by atoms with E-state index in [-0.39, 0.29) is 0 Å². The molecular weight excluding hydrogens is 224 g/mol. The smallest absolute Gasteiger partial charge is 0.222 e. The zero-order chi connectivity index (χ0) is 12.7. The Morgan fingerprint density at radius 2 is 2.22 bits per heavy atom. The second-order valence-corrected chi connectivity index (χ2v) is 6.41. The number of hydrogen-bond acceptors (Lipinski definition) is 2. The molecule has 0 spiro atoms. The Balaban J connectivity index is 1.54. The van der Waals surface area contributed by atoms with Crippen molar-refractivity contribution in [3.05, 3.63) is 12.2 Å². The lowest BCUT2D eigenvalue weighted by molar-refractivity contribution is -0.132. The Bertz CT molecular complexity index is 366. The van der Waals surface area contributed by atoms with Gasteiger partial charge in [-0.05, 0) is 43.9 Å². The average Bonchev–Trinajstić information content (AvgIpc) is 2.96. The largest absolute Gasteiger partial charge is 0.344 e. The number of allylic oxidation sites excluding steroid dienone is 2. The molecule has 0 aromatic heterocycles. The number of likely N-dealkylation sites (tertiary alicyclic amines) is 1. The zero-order valence-corrected chi connectivity index (χ0v) is 11.4. The van der Waals surface area contributed by atoms with E-state index in [2.05, 4.69) is 24.4 Å². The third-order valence-corrected chi connectivity index (χ3v) is 5.10. The highest BCUT2D eigenvalue weighted by Gasteiger charge is 2.39. The number of fused-ring (bicyclic) bond motifs is 2. The number of nitrogens with zero attached hydrogens (tertiary/aromatic N) is 1. The summed E-state index contributed by atoms with van der Waals surface area (Å²) in [6, 6.07) is 1.07. The van der Waals surface area contributed by atoms with Crippen LogP contribution in [0.3, 0.4) is 0 Å². The number of carbonyl (C=O) groups excluding carboxylic acids is 1. The molecule has 0 aromatic carbocycles. The van der Waals surface area contributed by atoms with Crippen LogP contribution >= 0.6 is 0 Å². The van der Waals surface area contributed by atoms with Crippen LogP contribution in [0.15, 0.2) is 12.2 Å². The molecule has 2 aliphatic carbocycles. The number of rotatable bonds is 3. The normalized spacial score (nSPS) is 40.6. The van der Waals surface area contributed by atoms with Crippen molar-refractivity contribution in [2.24, 2.45) is 17.8 Å². The highest BCUT2D eigenvalue weighted by atomic mass is 16.2. The number of piperidine rings is 1. The van der Waals surface area contributed by atoms with Gasteiger partial charge in [-0.1, -0.05) is 12.2 Å². The van der Waals surface area contributed by atoms with Crippen molar-refractivity contribution in [1.29, 1.82) is 0 Å². The molecule has 3 heteroatoms. The van der Waals surface area contributed by atoms with Crippen molar-refractivity contribution in [3.63, 3.8) is 0 Å². The van der Waals surface area contributed by atoms with E-state index in [0.717, 1.165) is 30.7 Å². The molecule has 3 nitrogen and oxygen atoms in total. The third-order valence-electron chi connectivity index (χ3n) is 5.10. The molecule has 1 heterocycles. The Labute approximate surface area is 110 Å². The van der Waals surface area contributed by atoms with E-state index in [4.69, 9.17) is 0 Å². The van der Waals surface area contributed by atoms with Gasteiger partial charge in [-0.3, -0.25) is 4.79 Å². The van der Waals surface area contributed by atoms with Crippen molar-refractivity contribution < 1.29 is 4.79 Å². The standard InChI is InChI=1S/C15H24N2O/c1-10(14-8-11-3-4-12(14)7-11)16-13-5-6-15(18)17(2)9-13/h3-4,10-14,16H,5-9H2,1-2H3. The quantitative estimate of drug-likeness (QED) is 0.772. The Hall–Kier alpha value is -0.830. The highest BCUT2D eigenvalue weighted by molar-refractivity contribution is 5.76. The van der Waals surface area contributed by atoms with Crippen molar-refractivity contribution >= 4 is 5.91 Å². The van der Waals surface area contributed by atoms with Crippen molar-refractivity contribution in [3.8, 4) is 0 Å². The third kappa shape index (κ3) is 2.20. The van der Waals surface area contributed by atoms with E-state index in [9.17, 15) is 4.79 Å². The lowest BCUT2D eigenvalue weighted by Gasteiger charge is -2.35. The molecule has 3 aliphatic rings. The first kappa shape index (κ1) is 12.2. The van der Waals surface area contributed by atoms with E-state index in [1.165, 1.54) is 12.8 Å². The summed E-state index contributed by atoms with van der Waals surface area (Å²) in [6.45, 7) is 3.20. The summed E-state index contributed by atoms with van der Waals surface area (Å²) >= 11 is 0. The number of nitrogens with one attached hydrogen (secondary N) is 1. The van der Waals surface area contributed by atoms with Crippen molar-refractivity contribution in [2.45, 2.75) is 44.7 Å². The van der Waals surface area contributed by atoms with Crippen LogP contribution in [0.5, 0.6) is 0 Å². The molecule has 2 bridgehead atoms. The topological polar surface area (TPSA) is 32.3 Å². The van der Waals surface area contributed by atoms with Crippen LogP contribution in [0.4, 0.5) is 0 Å². The van der Waals surface area contributed by atoms with Gasteiger partial charge in [0.25, 0.3) is 0 Å². The van der Waals surface area contributed by atoms with Gasteiger partial charge < -0.3 is 10.2 Å². The first-order valence-corrected chi connectivity index (χ1v) is 7.32. The molecule has 2 fully saturated rings. The Morgan fingerprint density at radius 3 is 2.83 bits per heavy atom. The first-order valence-electron chi connectivity index (χ1n) is 7.32. The molecule has 100 valence electrons. The lowest BCUT2D eigenvalue weighted by Crippen LogP contribution is -2.51. The summed E-state index contributed by atoms with van der Waals surface area (Å²) in [5, 5.41) is 3.77. The molecule has 1 amide bonds. The van der Waals surface area contributed by atoms with E-state index < -0.39 is 0 Å². The predicted molar refractivity (Wildman–Crippen MR) is 72.1 cm³/mol. The molecule has 1 saturated heterocycles. The van der Waals surface area contributed by atoms with Crippen LogP contribution in [-0.2, 0) is 4.79 Å². The Kier molecular flexibility index (Phi) is 3.18. The van der Waals surface area contributed by atoms with Gasteiger partial charge in [0.05, 0.1) is 0 Å². The van der Waals surface area contributed by atoms with Crippen LogP contribution in [-0.4, -0.2) is 36.5 Å². The molecule has 5 unspecified atom stereocenters. The fourth-order valence-electron chi connectivity index (χ4n) is 4.04. The van der Waals surface area contributed by atoms with E-state index in [1.807, 2.05) is 11.9 Å². The molecule has 1 aliphatic heterocycles. The highest BCUT2D eigenvalue weighted by Crippen LogP contribution is 2.44. The minimum absolute atomic E-state index is 0.295. The summed E-state index contributed by atoms with van der Waals surface area (Å²) in [7, 11) is 1.92. The summed E-state index contributed by atoms with van der Waals surface area (Å²) in [6.07, 6.45) is 9.27. The fraction of sp³-hybridized carbons (Fsp3) is 0.800. The minimum Gasteiger partial charge on any atom is -0.344 e. The molecule has 3 rings (SSSR count). The number of hydrogen-bond donors (Lipinski definition) is 1. The fourth-order valence-corrected chi connectivity index (χ4v) is 4.04. The van der Waals surface area contributed by atoms with Crippen LogP contribution in [0, 0.1) is 17.8 Å². The van der Waals surface area contributed by atoms with Crippen LogP contribution < -0.4 is 5.32 Å². The van der Waals surface area contributed by atoms with Gasteiger partial charge >= 0.3 is 0 Å². The summed E-state index contributed by atoms with van der Waals surface area (Å²) in [5.74, 6) is 2.76. The zero-order valence-electron chi connectivity index (χ0n) is 11.4. The van der Waals surface area contributed by atoms with Crippen molar-refractivity contribution in [1.82, 2.24) is 10.2 Å². The molecule has 0 aromatic rings. The summed E-state index contributed by atoms with van der Waals surface area (Å²) in [4.78, 5) is 13.3. The minimum atomic E-state index is 0.295. The number of amides is 1. The number of likely N-dealkylation sites (N-methyl/N-ethyl adjacent to an activating group) is 1. The summed E-state index contributed by atoms with van der Waals surface area (Å²) in [5.41, 5.74) is 0. The van der Waals surface area contributed by atoms with Gasteiger partial charge in [-0.2, -0.15) is 0 Å². The van der Waals surface area contributed by atoms with E-state index in [1.54, 1.807) is 0 Å². The average molecular weight is 248 g/mol. The maximum atomic E-state index is 11.5. The maximum Gasteiger partial charge on any atom is 0.222 e. The SMILES string of the molecule is CC(NC1CCC(=O)N(C)C1)C1CC2C=CC1C2. The number of carbonyl (C=O) groups is 1. The van der Waals surface area contributed by atoms with Crippen molar-refractivity contribution in [2.75, 3.05) is 13.6 Å². The molecular formula is C15H24N2O. The van der Waals surface area contributed by atoms with Gasteiger partial charge in [0, 0.05) is 32.1 Å². The lowest BCUT2D eigenvalue weighted by atomic mass is 9.87. The van der Waals surface area contributed by atoms with E-state index >= 15 is 0 Å². The molecule has 1 N–H and O–H groups in total. The molecule has 1 saturated carbocycles. The van der Waals surface area contributed by atoms with Crippen LogP contribution in [0.1, 0.15) is 32.6 Å². The second kappa shape index (κ2) is 4.69. The van der Waals surface area contributed by atoms with Crippen LogP contribution in [0.2, 0.25) is 0 Å². The van der Waals surface area contributed by atoms with Gasteiger partial charge in [0.15, 0.2) is 0 Å². The van der Waals surface area contributed by atoms with Gasteiger partial charge in [0.2, 0.25) is 5.91 Å². The molecule has 18 heavy (non-hydrogen) atoms. The second-order valence-electron chi connectivity index (χ2n) is 6.41. The molecule has 0 radical (unpaired) electrons. The molecule has 5 atom stereocenters. The Morgan fingerprint density at radius 1 is 1.39 bits per heavy atom. The predicted octanol–water partition coefficient (Wildman–Crippen LogP) is 1.80. The van der Waals surface area contributed by atoms with Gasteiger partial charge in [0.1, 0.15) is 0 Å². The monoisotopic (exact) mass is 248 g/mol. The first-order chi connectivity index (χ1) is 8.63. The van der Waals surface area contributed by atoms with E-state index in [0.29, 0.717) is 24.4 Å². The maximum absolute atomic E-state index is 11.5. The van der Waals surface area contributed by atoms with Gasteiger partial charge in [-0.15, -0.1) is 0 Å².